The van der Waals surface area contributed by atoms with Gasteiger partial charge in [0.15, 0.2) is 0 Å². The van der Waals surface area contributed by atoms with E-state index in [4.69, 9.17) is 0 Å². The van der Waals surface area contributed by atoms with E-state index >= 15 is 0 Å². The van der Waals surface area contributed by atoms with Gasteiger partial charge in [0.25, 0.3) is 0 Å². The zero-order chi connectivity index (χ0) is 31.8. The van der Waals surface area contributed by atoms with Crippen LogP contribution in [0.3, 0.4) is 0 Å². The van der Waals surface area contributed by atoms with E-state index in [1.807, 2.05) is 0 Å². The first-order chi connectivity index (χ1) is 20.9. The Labute approximate surface area is 271 Å². The van der Waals surface area contributed by atoms with Gasteiger partial charge in [-0.25, -0.2) is 0 Å². The maximum Gasteiger partial charge on any atom is 0.113 e. The van der Waals surface area contributed by atoms with Gasteiger partial charge in [-0.15, -0.1) is 11.1 Å². The van der Waals surface area contributed by atoms with Crippen LogP contribution in [0.1, 0.15) is 80.4 Å². The van der Waals surface area contributed by atoms with Gasteiger partial charge in [-0.3, -0.25) is 0 Å². The molecule has 226 valence electrons. The van der Waals surface area contributed by atoms with E-state index in [1.54, 1.807) is 0 Å². The average molecular weight is 611 g/mol. The van der Waals surface area contributed by atoms with E-state index in [-0.39, 0.29) is 0 Å². The SMILES string of the molecule is CC(C)C(C)([SiH2]C#Cc1c2ccccc2c(C#C[SiH2]C(C)(C(C)C)C(C)C)c2cc3cc4ccccc4cc3cc12)C(C)C. The first kappa shape index (κ1) is 32.1. The number of benzene rings is 5. The van der Waals surface area contributed by atoms with Crippen molar-refractivity contribution in [2.75, 3.05) is 0 Å². The Bertz CT molecular complexity index is 1810. The molecule has 0 bridgehead atoms. The molecule has 0 saturated carbocycles. The molecule has 0 N–H and O–H groups in total. The predicted octanol–water partition coefficient (Wildman–Crippen LogP) is 10.2. The molecule has 0 spiro atoms. The fourth-order valence-electron chi connectivity index (χ4n) is 6.68. The number of fused-ring (bicyclic) bond motifs is 4. The maximum atomic E-state index is 3.83. The Morgan fingerprint density at radius 3 is 1.14 bits per heavy atom. The lowest BCUT2D eigenvalue weighted by molar-refractivity contribution is 0.336. The van der Waals surface area contributed by atoms with Crippen LogP contribution in [0.5, 0.6) is 0 Å². The van der Waals surface area contributed by atoms with Gasteiger partial charge in [0.05, 0.1) is 0 Å². The molecule has 0 heterocycles. The van der Waals surface area contributed by atoms with Gasteiger partial charge in [0.1, 0.15) is 19.0 Å². The highest BCUT2D eigenvalue weighted by atomic mass is 28.2. The fourth-order valence-corrected chi connectivity index (χ4v) is 9.61. The molecular weight excluding hydrogens is 561 g/mol. The fraction of sp³-hybridized carbons (Fsp3) is 0.381. The molecule has 0 saturated heterocycles. The molecule has 0 aliphatic rings. The summed E-state index contributed by atoms with van der Waals surface area (Å²) in [6.45, 7) is 23.9. The third kappa shape index (κ3) is 5.88. The Hall–Kier alpha value is -3.31. The van der Waals surface area contributed by atoms with Crippen molar-refractivity contribution in [3.63, 3.8) is 0 Å². The highest BCUT2D eigenvalue weighted by molar-refractivity contribution is 6.50. The molecule has 0 aromatic heterocycles. The minimum Gasteiger partial charge on any atom is -0.134 e. The topological polar surface area (TPSA) is 0 Å². The molecule has 5 rings (SSSR count). The molecule has 5 aromatic rings. The summed E-state index contributed by atoms with van der Waals surface area (Å²) >= 11 is 0. The van der Waals surface area contributed by atoms with Crippen molar-refractivity contribution in [1.29, 1.82) is 0 Å². The average Bonchev–Trinajstić information content (AvgIpc) is 2.99. The van der Waals surface area contributed by atoms with Crippen molar-refractivity contribution >= 4 is 62.1 Å². The molecule has 0 amide bonds. The van der Waals surface area contributed by atoms with Crippen LogP contribution < -0.4 is 0 Å². The van der Waals surface area contributed by atoms with Crippen LogP contribution in [-0.4, -0.2) is 19.0 Å². The molecule has 5 aromatic carbocycles. The lowest BCUT2D eigenvalue weighted by Crippen LogP contribution is -2.28. The van der Waals surface area contributed by atoms with Crippen molar-refractivity contribution in [3.8, 4) is 22.9 Å². The lowest BCUT2D eigenvalue weighted by atomic mass is 9.86. The van der Waals surface area contributed by atoms with Gasteiger partial charge < -0.3 is 0 Å². The normalized spacial score (nSPS) is 13.0. The summed E-state index contributed by atoms with van der Waals surface area (Å²) in [5.74, 6) is 10.1. The molecule has 0 aliphatic carbocycles. The second kappa shape index (κ2) is 12.6. The summed E-state index contributed by atoms with van der Waals surface area (Å²) in [5, 5.41) is 10.6. The van der Waals surface area contributed by atoms with Gasteiger partial charge in [0.2, 0.25) is 0 Å². The molecular formula is C42H50Si2. The number of rotatable bonds is 6. The van der Waals surface area contributed by atoms with Gasteiger partial charge >= 0.3 is 0 Å². The van der Waals surface area contributed by atoms with E-state index in [0.29, 0.717) is 33.7 Å². The maximum absolute atomic E-state index is 3.83. The molecule has 0 unspecified atom stereocenters. The smallest absolute Gasteiger partial charge is 0.113 e. The Morgan fingerprint density at radius 1 is 0.455 bits per heavy atom. The zero-order valence-corrected chi connectivity index (χ0v) is 31.5. The van der Waals surface area contributed by atoms with Gasteiger partial charge in [-0.05, 0) is 101 Å². The highest BCUT2D eigenvalue weighted by Gasteiger charge is 2.32. The number of hydrogen-bond acceptors (Lipinski definition) is 0. The van der Waals surface area contributed by atoms with Crippen LogP contribution in [0, 0.1) is 46.6 Å². The molecule has 2 heteroatoms. The van der Waals surface area contributed by atoms with Crippen LogP contribution in [0.25, 0.3) is 43.1 Å². The minimum atomic E-state index is -0.650. The van der Waals surface area contributed by atoms with Crippen LogP contribution in [0.2, 0.25) is 10.1 Å². The summed E-state index contributed by atoms with van der Waals surface area (Å²) in [6.07, 6.45) is 0. The molecule has 0 atom stereocenters. The molecule has 0 nitrogen and oxygen atoms in total. The lowest BCUT2D eigenvalue weighted by Gasteiger charge is -2.36. The van der Waals surface area contributed by atoms with Gasteiger partial charge in [-0.1, -0.05) is 130 Å². The molecule has 0 radical (unpaired) electrons. The summed E-state index contributed by atoms with van der Waals surface area (Å²) in [6, 6.07) is 27.0. The second-order valence-electron chi connectivity index (χ2n) is 14.8. The minimum absolute atomic E-state index is 0.305. The third-order valence-electron chi connectivity index (χ3n) is 11.5. The van der Waals surface area contributed by atoms with E-state index in [1.165, 1.54) is 54.2 Å². The van der Waals surface area contributed by atoms with Crippen LogP contribution >= 0.6 is 0 Å². The van der Waals surface area contributed by atoms with Crippen molar-refractivity contribution in [3.05, 3.63) is 83.9 Å². The van der Waals surface area contributed by atoms with Crippen molar-refractivity contribution in [1.82, 2.24) is 0 Å². The summed E-state index contributed by atoms with van der Waals surface area (Å²) in [5.41, 5.74) is 10.0. The van der Waals surface area contributed by atoms with E-state index in [0.717, 1.165) is 0 Å². The van der Waals surface area contributed by atoms with E-state index in [9.17, 15) is 0 Å². The Balaban J connectivity index is 1.81. The Kier molecular flexibility index (Phi) is 9.19. The van der Waals surface area contributed by atoms with Crippen molar-refractivity contribution in [2.45, 2.75) is 79.3 Å². The first-order valence-corrected chi connectivity index (χ1v) is 19.5. The summed E-state index contributed by atoms with van der Waals surface area (Å²) in [4.78, 5) is 0. The predicted molar refractivity (Wildman–Crippen MR) is 203 cm³/mol. The number of hydrogen-bond donors (Lipinski definition) is 0. The van der Waals surface area contributed by atoms with E-state index in [2.05, 4.69) is 165 Å². The summed E-state index contributed by atoms with van der Waals surface area (Å²) < 4.78 is 0. The largest absolute Gasteiger partial charge is 0.134 e. The van der Waals surface area contributed by atoms with Crippen LogP contribution in [0.15, 0.2) is 72.8 Å². The quantitative estimate of drug-likeness (QED) is 0.102. The highest BCUT2D eigenvalue weighted by Crippen LogP contribution is 2.43. The third-order valence-corrected chi connectivity index (χ3v) is 17.0. The molecule has 0 aliphatic heterocycles. The van der Waals surface area contributed by atoms with Crippen LogP contribution in [-0.2, 0) is 0 Å². The monoisotopic (exact) mass is 610 g/mol. The second-order valence-corrected chi connectivity index (χ2v) is 19.3. The van der Waals surface area contributed by atoms with Crippen LogP contribution in [0.4, 0.5) is 0 Å². The standard InChI is InChI=1S/C42H50Si2/c1-27(2)41(9,28(3)4)43-21-19-37-35-17-13-14-18-36(35)38(20-22-44-42(10,29(5)6)30(7)8)40-26-34-24-32-16-12-11-15-31(32)23-33(34)25-39(37)40/h11-18,23-30H,43-44H2,1-10H3. The molecule has 0 fully saturated rings. The van der Waals surface area contributed by atoms with E-state index < -0.39 is 19.0 Å². The summed E-state index contributed by atoms with van der Waals surface area (Å²) in [7, 11) is -1.30. The Morgan fingerprint density at radius 2 is 0.795 bits per heavy atom. The molecule has 44 heavy (non-hydrogen) atoms. The first-order valence-electron chi connectivity index (χ1n) is 16.7. The van der Waals surface area contributed by atoms with Crippen molar-refractivity contribution < 1.29 is 0 Å². The zero-order valence-electron chi connectivity index (χ0n) is 28.7. The van der Waals surface area contributed by atoms with Gasteiger partial charge in [0, 0.05) is 11.1 Å². The van der Waals surface area contributed by atoms with Gasteiger partial charge in [-0.2, -0.15) is 0 Å². The van der Waals surface area contributed by atoms with Crippen molar-refractivity contribution in [2.24, 2.45) is 23.7 Å².